The largest absolute Gasteiger partial charge is 0.481 e. The third kappa shape index (κ3) is 7.24. The van der Waals surface area contributed by atoms with Crippen molar-refractivity contribution < 1.29 is 24.5 Å². The van der Waals surface area contributed by atoms with Gasteiger partial charge in [-0.2, -0.15) is 0 Å². The molecule has 0 bridgehead atoms. The van der Waals surface area contributed by atoms with Crippen LogP contribution in [-0.4, -0.2) is 65.6 Å². The van der Waals surface area contributed by atoms with Crippen LogP contribution in [0.3, 0.4) is 0 Å². The van der Waals surface area contributed by atoms with Crippen molar-refractivity contribution in [2.45, 2.75) is 57.0 Å². The average Bonchev–Trinajstić information content (AvgIpc) is 3.20. The van der Waals surface area contributed by atoms with Gasteiger partial charge in [0.15, 0.2) is 0 Å². The fourth-order valence-corrected chi connectivity index (χ4v) is 5.35. The molecule has 4 unspecified atom stereocenters. The van der Waals surface area contributed by atoms with Crippen molar-refractivity contribution in [2.24, 2.45) is 5.92 Å². The van der Waals surface area contributed by atoms with Gasteiger partial charge in [-0.25, -0.2) is 0 Å². The highest BCUT2D eigenvalue weighted by atomic mass is 16.5. The number of aliphatic hydroxyl groups is 1. The number of aliphatic hydroxyl groups excluding tert-OH is 1. The van der Waals surface area contributed by atoms with Gasteiger partial charge in [-0.3, -0.25) is 9.69 Å². The molecule has 1 aliphatic carbocycles. The number of carboxylic acids is 1. The highest BCUT2D eigenvalue weighted by molar-refractivity contribution is 5.66. The number of allylic oxidation sites excluding steroid dienone is 2. The third-order valence-corrected chi connectivity index (χ3v) is 7.13. The minimum absolute atomic E-state index is 0.0148. The van der Waals surface area contributed by atoms with Crippen molar-refractivity contribution in [2.75, 3.05) is 26.3 Å². The van der Waals surface area contributed by atoms with E-state index in [1.165, 1.54) is 11.1 Å². The zero-order valence-corrected chi connectivity index (χ0v) is 20.3. The normalized spacial score (nSPS) is 25.3. The first-order valence-corrected chi connectivity index (χ1v) is 12.7. The molecule has 1 saturated carbocycles. The molecule has 0 radical (unpaired) electrons. The Hall–Kier alpha value is -2.51. The number of morpholine rings is 1. The average molecular weight is 480 g/mol. The molecular weight excluding hydrogens is 442 g/mol. The van der Waals surface area contributed by atoms with Crippen molar-refractivity contribution in [3.63, 3.8) is 0 Å². The number of ether oxygens (including phenoxy) is 2. The van der Waals surface area contributed by atoms with E-state index in [-0.39, 0.29) is 24.5 Å². The molecule has 6 heteroatoms. The van der Waals surface area contributed by atoms with Crippen molar-refractivity contribution >= 4 is 5.97 Å². The van der Waals surface area contributed by atoms with Gasteiger partial charge in [0.1, 0.15) is 0 Å². The summed E-state index contributed by atoms with van der Waals surface area (Å²) in [5, 5.41) is 19.8. The minimum atomic E-state index is -0.772. The molecule has 4 atom stereocenters. The summed E-state index contributed by atoms with van der Waals surface area (Å²) in [7, 11) is 0. The summed E-state index contributed by atoms with van der Waals surface area (Å²) in [6.45, 7) is 3.59. The molecule has 2 N–H and O–H groups in total. The maximum Gasteiger partial charge on any atom is 0.303 e. The van der Waals surface area contributed by atoms with Crippen LogP contribution in [0.2, 0.25) is 0 Å². The van der Waals surface area contributed by atoms with Crippen LogP contribution in [0.4, 0.5) is 0 Å². The first kappa shape index (κ1) is 25.6. The molecule has 4 rings (SSSR count). The number of rotatable bonds is 11. The van der Waals surface area contributed by atoms with E-state index in [1.807, 2.05) is 24.3 Å². The second-order valence-electron chi connectivity index (χ2n) is 9.50. The Bertz CT molecular complexity index is 939. The molecule has 35 heavy (non-hydrogen) atoms. The number of benzene rings is 2. The van der Waals surface area contributed by atoms with Gasteiger partial charge >= 0.3 is 5.97 Å². The number of nitrogens with zero attached hydrogens (tertiary/aromatic N) is 1. The van der Waals surface area contributed by atoms with E-state index in [2.05, 4.69) is 47.4 Å². The molecule has 2 aromatic rings. The van der Waals surface area contributed by atoms with E-state index >= 15 is 0 Å². The number of carboxylic acid groups (broad SMARTS) is 1. The van der Waals surface area contributed by atoms with Crippen LogP contribution in [0.15, 0.2) is 66.7 Å². The van der Waals surface area contributed by atoms with Gasteiger partial charge in [0.25, 0.3) is 0 Å². The lowest BCUT2D eigenvalue weighted by Crippen LogP contribution is -2.50. The number of hydrogen-bond acceptors (Lipinski definition) is 5. The van der Waals surface area contributed by atoms with Gasteiger partial charge in [-0.1, -0.05) is 66.7 Å². The van der Waals surface area contributed by atoms with Crippen molar-refractivity contribution in [1.82, 2.24) is 4.90 Å². The Balaban J connectivity index is 1.37. The van der Waals surface area contributed by atoms with Crippen LogP contribution in [0.5, 0.6) is 0 Å². The monoisotopic (exact) mass is 479 g/mol. The standard InChI is InChI=1S/C29H37NO5/c31-26-20-27(35-21-22-12-14-24(15-13-22)23-8-4-3-5-9-23)25(10-6-1-2-7-11-28(32)33)29(26)30-16-18-34-19-17-30/h1-5,8-9,12-15,25-27,29,31H,6-7,10-11,16-21H2,(H,32,33). The third-order valence-electron chi connectivity index (χ3n) is 7.13. The molecule has 0 spiro atoms. The molecule has 1 aliphatic heterocycles. The van der Waals surface area contributed by atoms with Gasteiger partial charge in [-0.15, -0.1) is 0 Å². The Morgan fingerprint density at radius 2 is 1.69 bits per heavy atom. The van der Waals surface area contributed by atoms with Gasteiger partial charge in [0.2, 0.25) is 0 Å². The lowest BCUT2D eigenvalue weighted by Gasteiger charge is -2.38. The molecule has 2 aromatic carbocycles. The smallest absolute Gasteiger partial charge is 0.303 e. The summed E-state index contributed by atoms with van der Waals surface area (Å²) in [6.07, 6.45) is 6.69. The van der Waals surface area contributed by atoms with Gasteiger partial charge in [0.05, 0.1) is 32.0 Å². The van der Waals surface area contributed by atoms with E-state index in [1.54, 1.807) is 0 Å². The summed E-state index contributed by atoms with van der Waals surface area (Å²) in [5.74, 6) is -0.554. The summed E-state index contributed by atoms with van der Waals surface area (Å²) in [4.78, 5) is 13.1. The lowest BCUT2D eigenvalue weighted by molar-refractivity contribution is -0.136. The van der Waals surface area contributed by atoms with E-state index in [0.717, 1.165) is 31.5 Å². The van der Waals surface area contributed by atoms with Crippen LogP contribution in [0, 0.1) is 5.92 Å². The first-order valence-electron chi connectivity index (χ1n) is 12.7. The van der Waals surface area contributed by atoms with Crippen molar-refractivity contribution in [1.29, 1.82) is 0 Å². The quantitative estimate of drug-likeness (QED) is 0.462. The van der Waals surface area contributed by atoms with Crippen molar-refractivity contribution in [3.8, 4) is 11.1 Å². The topological polar surface area (TPSA) is 79.2 Å². The van der Waals surface area contributed by atoms with Crippen LogP contribution in [0.1, 0.15) is 37.7 Å². The second kappa shape index (κ2) is 13.0. The van der Waals surface area contributed by atoms with Crippen molar-refractivity contribution in [3.05, 3.63) is 72.3 Å². The fourth-order valence-electron chi connectivity index (χ4n) is 5.35. The van der Waals surface area contributed by atoms with E-state index in [0.29, 0.717) is 32.7 Å². The Morgan fingerprint density at radius 3 is 2.40 bits per heavy atom. The molecular formula is C29H37NO5. The highest BCUT2D eigenvalue weighted by Gasteiger charge is 2.45. The maximum absolute atomic E-state index is 11.0. The molecule has 6 nitrogen and oxygen atoms in total. The van der Waals surface area contributed by atoms with Crippen LogP contribution in [0.25, 0.3) is 11.1 Å². The first-order chi connectivity index (χ1) is 17.1. The summed E-state index contributed by atoms with van der Waals surface area (Å²) in [5.41, 5.74) is 3.51. The van der Waals surface area contributed by atoms with E-state index in [9.17, 15) is 9.90 Å². The minimum Gasteiger partial charge on any atom is -0.481 e. The molecule has 0 aromatic heterocycles. The zero-order chi connectivity index (χ0) is 24.5. The van der Waals surface area contributed by atoms with E-state index in [4.69, 9.17) is 14.6 Å². The molecule has 2 fully saturated rings. The molecule has 1 saturated heterocycles. The van der Waals surface area contributed by atoms with Gasteiger partial charge in [0, 0.05) is 37.9 Å². The zero-order valence-electron chi connectivity index (χ0n) is 20.3. The molecule has 0 amide bonds. The Morgan fingerprint density at radius 1 is 1.00 bits per heavy atom. The van der Waals surface area contributed by atoms with Crippen LogP contribution in [-0.2, 0) is 20.9 Å². The molecule has 188 valence electrons. The Labute approximate surface area is 208 Å². The predicted octanol–water partition coefficient (Wildman–Crippen LogP) is 4.52. The highest BCUT2D eigenvalue weighted by Crippen LogP contribution is 2.37. The number of hydrogen-bond donors (Lipinski definition) is 2. The van der Waals surface area contributed by atoms with Gasteiger partial charge < -0.3 is 19.7 Å². The summed E-state index contributed by atoms with van der Waals surface area (Å²) in [6, 6.07) is 18.9. The second-order valence-corrected chi connectivity index (χ2v) is 9.50. The molecule has 1 heterocycles. The Kier molecular flexibility index (Phi) is 9.49. The SMILES string of the molecule is O=C(O)CCC=CCCC1C(OCc2ccc(-c3ccccc3)cc2)CC(O)C1N1CCOCC1. The summed E-state index contributed by atoms with van der Waals surface area (Å²) >= 11 is 0. The predicted molar refractivity (Wildman–Crippen MR) is 136 cm³/mol. The maximum atomic E-state index is 11.0. The molecule has 2 aliphatic rings. The van der Waals surface area contributed by atoms with E-state index < -0.39 is 12.1 Å². The summed E-state index contributed by atoms with van der Waals surface area (Å²) < 4.78 is 12.0. The van der Waals surface area contributed by atoms with Crippen LogP contribution >= 0.6 is 0 Å². The fraction of sp³-hybridized carbons (Fsp3) is 0.483. The van der Waals surface area contributed by atoms with Gasteiger partial charge in [-0.05, 0) is 36.0 Å². The van der Waals surface area contributed by atoms with Crippen LogP contribution < -0.4 is 0 Å². The number of carbonyl (C=O) groups is 1. The number of aliphatic carboxylic acids is 1. The lowest BCUT2D eigenvalue weighted by atomic mass is 9.93.